The lowest BCUT2D eigenvalue weighted by Gasteiger charge is -2.19. The normalized spacial score (nSPS) is 10.3. The minimum absolute atomic E-state index is 0.00640. The summed E-state index contributed by atoms with van der Waals surface area (Å²) in [5.41, 5.74) is -0.0610. The Hall–Kier alpha value is -2.74. The predicted molar refractivity (Wildman–Crippen MR) is 86.4 cm³/mol. The van der Waals surface area contributed by atoms with E-state index >= 15 is 0 Å². The number of nitrogens with zero attached hydrogens (tertiary/aromatic N) is 2. The molecule has 2 aromatic carbocycles. The fourth-order valence-electron chi connectivity index (χ4n) is 1.98. The molecule has 126 valence electrons. The van der Waals surface area contributed by atoms with Crippen LogP contribution in [0.1, 0.15) is 0 Å². The van der Waals surface area contributed by atoms with E-state index in [1.807, 2.05) is 0 Å². The number of amides is 1. The van der Waals surface area contributed by atoms with Gasteiger partial charge < -0.3 is 10.2 Å². The number of likely N-dealkylation sites (N-methyl/N-ethyl adjacent to an activating group) is 1. The van der Waals surface area contributed by atoms with Crippen molar-refractivity contribution in [1.82, 2.24) is 0 Å². The summed E-state index contributed by atoms with van der Waals surface area (Å²) in [5, 5.41) is 13.5. The Kier molecular flexibility index (Phi) is 5.30. The van der Waals surface area contributed by atoms with Crippen LogP contribution in [-0.4, -0.2) is 24.4 Å². The fraction of sp³-hybridized carbons (Fsp3) is 0.133. The van der Waals surface area contributed by atoms with E-state index in [0.29, 0.717) is 0 Å². The van der Waals surface area contributed by atoms with Gasteiger partial charge in [0.05, 0.1) is 11.5 Å². The summed E-state index contributed by atoms with van der Waals surface area (Å²) >= 11 is 5.70. The van der Waals surface area contributed by atoms with E-state index in [1.54, 1.807) is 0 Å². The van der Waals surface area contributed by atoms with E-state index < -0.39 is 22.5 Å². The number of nitro benzene ring substituents is 1. The van der Waals surface area contributed by atoms with E-state index in [4.69, 9.17) is 11.6 Å². The summed E-state index contributed by atoms with van der Waals surface area (Å²) in [6.45, 7) is -0.217. The van der Waals surface area contributed by atoms with Crippen molar-refractivity contribution >= 4 is 34.6 Å². The lowest BCUT2D eigenvalue weighted by atomic mass is 10.2. The van der Waals surface area contributed by atoms with Crippen LogP contribution < -0.4 is 10.2 Å². The molecule has 0 aromatic heterocycles. The summed E-state index contributed by atoms with van der Waals surface area (Å²) in [7, 11) is 1.50. The minimum Gasteiger partial charge on any atom is -0.365 e. The Morgan fingerprint density at radius 2 is 1.96 bits per heavy atom. The zero-order chi connectivity index (χ0) is 17.9. The standard InChI is InChI=1S/C15H12ClF2N3O3/c1-20(10-3-4-11(17)12(18)7-10)8-15(22)19-13-5-2-9(16)6-14(13)21(23)24/h2-7H,8H2,1H3,(H,19,22). The average molecular weight is 356 g/mol. The van der Waals surface area contributed by atoms with Crippen LogP contribution in [0.15, 0.2) is 36.4 Å². The van der Waals surface area contributed by atoms with E-state index in [2.05, 4.69) is 5.32 Å². The van der Waals surface area contributed by atoms with E-state index in [9.17, 15) is 23.7 Å². The Bertz CT molecular complexity index is 802. The number of rotatable bonds is 5. The second kappa shape index (κ2) is 7.22. The molecule has 0 heterocycles. The molecule has 1 amide bonds. The number of nitro groups is 1. The van der Waals surface area contributed by atoms with Crippen molar-refractivity contribution in [3.05, 3.63) is 63.2 Å². The highest BCUT2D eigenvalue weighted by Gasteiger charge is 2.17. The molecule has 6 nitrogen and oxygen atoms in total. The number of nitrogens with one attached hydrogen (secondary N) is 1. The van der Waals surface area contributed by atoms with E-state index in [0.717, 1.165) is 18.2 Å². The van der Waals surface area contributed by atoms with Crippen LogP contribution in [-0.2, 0) is 4.79 Å². The van der Waals surface area contributed by atoms with Crippen LogP contribution in [0.25, 0.3) is 0 Å². The maximum absolute atomic E-state index is 13.2. The molecule has 2 rings (SSSR count). The highest BCUT2D eigenvalue weighted by Crippen LogP contribution is 2.27. The molecule has 0 aliphatic rings. The quantitative estimate of drug-likeness (QED) is 0.656. The third-order valence-corrected chi connectivity index (χ3v) is 3.39. The van der Waals surface area contributed by atoms with Gasteiger partial charge in [-0.3, -0.25) is 14.9 Å². The van der Waals surface area contributed by atoms with Gasteiger partial charge in [-0.25, -0.2) is 8.78 Å². The summed E-state index contributed by atoms with van der Waals surface area (Å²) < 4.78 is 26.1. The topological polar surface area (TPSA) is 75.5 Å². The first kappa shape index (κ1) is 17.6. The van der Waals surface area contributed by atoms with Gasteiger partial charge in [0.1, 0.15) is 5.69 Å². The van der Waals surface area contributed by atoms with Crippen molar-refractivity contribution in [3.63, 3.8) is 0 Å². The monoisotopic (exact) mass is 355 g/mol. The van der Waals surface area contributed by atoms with Crippen LogP contribution >= 0.6 is 11.6 Å². The summed E-state index contributed by atoms with van der Waals surface area (Å²) in [4.78, 5) is 23.7. The number of carbonyl (C=O) groups is 1. The first-order valence-electron chi connectivity index (χ1n) is 6.68. The molecular weight excluding hydrogens is 344 g/mol. The smallest absolute Gasteiger partial charge is 0.294 e. The van der Waals surface area contributed by atoms with Gasteiger partial charge in [0.15, 0.2) is 11.6 Å². The molecule has 0 atom stereocenters. The largest absolute Gasteiger partial charge is 0.365 e. The van der Waals surface area contributed by atoms with Gasteiger partial charge in [0, 0.05) is 29.9 Å². The average Bonchev–Trinajstić information content (AvgIpc) is 2.51. The number of carbonyl (C=O) groups excluding carboxylic acids is 1. The zero-order valence-corrected chi connectivity index (χ0v) is 13.2. The third-order valence-electron chi connectivity index (χ3n) is 3.16. The maximum Gasteiger partial charge on any atom is 0.294 e. The summed E-state index contributed by atoms with van der Waals surface area (Å²) in [6, 6.07) is 7.06. The number of hydrogen-bond acceptors (Lipinski definition) is 4. The minimum atomic E-state index is -1.03. The molecule has 0 aliphatic carbocycles. The summed E-state index contributed by atoms with van der Waals surface area (Å²) in [6.07, 6.45) is 0. The highest BCUT2D eigenvalue weighted by atomic mass is 35.5. The number of anilines is 2. The fourth-order valence-corrected chi connectivity index (χ4v) is 2.15. The molecule has 9 heteroatoms. The van der Waals surface area contributed by atoms with Crippen LogP contribution in [0.5, 0.6) is 0 Å². The molecule has 1 N–H and O–H groups in total. The number of halogens is 3. The summed E-state index contributed by atoms with van der Waals surface area (Å²) in [5.74, 6) is -2.59. The Labute approximate surface area is 140 Å². The second-order valence-electron chi connectivity index (χ2n) is 4.92. The van der Waals surface area contributed by atoms with Crippen molar-refractivity contribution < 1.29 is 18.5 Å². The molecule has 0 unspecified atom stereocenters. The molecule has 0 bridgehead atoms. The van der Waals surface area contributed by atoms with E-state index in [1.165, 1.54) is 30.1 Å². The van der Waals surface area contributed by atoms with Gasteiger partial charge in [-0.05, 0) is 24.3 Å². The molecule has 0 saturated carbocycles. The van der Waals surface area contributed by atoms with Crippen molar-refractivity contribution in [1.29, 1.82) is 0 Å². The SMILES string of the molecule is CN(CC(=O)Nc1ccc(Cl)cc1[N+](=O)[O-])c1ccc(F)c(F)c1. The van der Waals surface area contributed by atoms with Crippen LogP contribution in [0, 0.1) is 21.7 Å². The molecule has 2 aromatic rings. The Morgan fingerprint density at radius 1 is 1.25 bits per heavy atom. The molecular formula is C15H12ClF2N3O3. The van der Waals surface area contributed by atoms with Crippen LogP contribution in [0.3, 0.4) is 0 Å². The molecule has 0 spiro atoms. The predicted octanol–water partition coefficient (Wildman–Crippen LogP) is 3.60. The van der Waals surface area contributed by atoms with E-state index in [-0.39, 0.29) is 28.6 Å². The number of benzene rings is 2. The third kappa shape index (κ3) is 4.17. The van der Waals surface area contributed by atoms with Gasteiger partial charge in [-0.1, -0.05) is 11.6 Å². The zero-order valence-electron chi connectivity index (χ0n) is 12.4. The first-order chi connectivity index (χ1) is 11.3. The molecule has 24 heavy (non-hydrogen) atoms. The molecule has 0 radical (unpaired) electrons. The molecule has 0 aliphatic heterocycles. The van der Waals surface area contributed by atoms with Gasteiger partial charge in [-0.15, -0.1) is 0 Å². The maximum atomic E-state index is 13.2. The number of hydrogen-bond donors (Lipinski definition) is 1. The lowest BCUT2D eigenvalue weighted by molar-refractivity contribution is -0.383. The molecule has 0 fully saturated rings. The van der Waals surface area contributed by atoms with Crippen molar-refractivity contribution in [2.75, 3.05) is 23.8 Å². The van der Waals surface area contributed by atoms with Crippen LogP contribution in [0.2, 0.25) is 5.02 Å². The van der Waals surface area contributed by atoms with Gasteiger partial charge in [-0.2, -0.15) is 0 Å². The van der Waals surface area contributed by atoms with Gasteiger partial charge in [0.2, 0.25) is 5.91 Å². The van der Waals surface area contributed by atoms with Crippen molar-refractivity contribution in [3.8, 4) is 0 Å². The first-order valence-corrected chi connectivity index (χ1v) is 7.05. The molecule has 0 saturated heterocycles. The lowest BCUT2D eigenvalue weighted by Crippen LogP contribution is -2.30. The second-order valence-corrected chi connectivity index (χ2v) is 5.36. The van der Waals surface area contributed by atoms with Gasteiger partial charge in [0.25, 0.3) is 5.69 Å². The Balaban J connectivity index is 2.10. The highest BCUT2D eigenvalue weighted by molar-refractivity contribution is 6.31. The Morgan fingerprint density at radius 3 is 2.58 bits per heavy atom. The van der Waals surface area contributed by atoms with Crippen molar-refractivity contribution in [2.24, 2.45) is 0 Å². The van der Waals surface area contributed by atoms with Crippen molar-refractivity contribution in [2.45, 2.75) is 0 Å². The van der Waals surface area contributed by atoms with Crippen LogP contribution in [0.4, 0.5) is 25.8 Å². The van der Waals surface area contributed by atoms with Gasteiger partial charge >= 0.3 is 0 Å².